The first-order chi connectivity index (χ1) is 10.1. The molecule has 0 amide bonds. The lowest BCUT2D eigenvalue weighted by atomic mass is 10.1. The van der Waals surface area contributed by atoms with Gasteiger partial charge in [-0.15, -0.1) is 0 Å². The summed E-state index contributed by atoms with van der Waals surface area (Å²) < 4.78 is 5.54. The molecule has 2 rings (SSSR count). The van der Waals surface area contributed by atoms with Gasteiger partial charge in [0.1, 0.15) is 5.75 Å². The molecule has 0 fully saturated rings. The summed E-state index contributed by atoms with van der Waals surface area (Å²) >= 11 is 6.00. The van der Waals surface area contributed by atoms with Gasteiger partial charge in [0.15, 0.2) is 5.78 Å². The molecule has 2 aromatic rings. The first-order valence-electron chi connectivity index (χ1n) is 6.67. The van der Waals surface area contributed by atoms with Crippen LogP contribution in [0, 0.1) is 0 Å². The van der Waals surface area contributed by atoms with Gasteiger partial charge in [-0.05, 0) is 56.3 Å². The van der Waals surface area contributed by atoms with Gasteiger partial charge in [0.25, 0.3) is 0 Å². The second-order valence-electron chi connectivity index (χ2n) is 4.48. The number of ketones is 1. The maximum atomic E-state index is 11.2. The third-order valence-electron chi connectivity index (χ3n) is 2.90. The lowest BCUT2D eigenvalue weighted by molar-refractivity contribution is 0.101. The van der Waals surface area contributed by atoms with E-state index in [-0.39, 0.29) is 5.78 Å². The highest BCUT2D eigenvalue weighted by Gasteiger charge is 2.02. The highest BCUT2D eigenvalue weighted by molar-refractivity contribution is 6.30. The molecule has 21 heavy (non-hydrogen) atoms. The number of rotatable bonds is 5. The second kappa shape index (κ2) is 7.04. The largest absolute Gasteiger partial charge is 0.493 e. The van der Waals surface area contributed by atoms with Gasteiger partial charge in [0.05, 0.1) is 12.3 Å². The summed E-state index contributed by atoms with van der Waals surface area (Å²) in [4.78, 5) is 15.6. The Morgan fingerprint density at radius 2 is 1.95 bits per heavy atom. The van der Waals surface area contributed by atoms with E-state index < -0.39 is 0 Å². The molecule has 0 spiro atoms. The predicted octanol–water partition coefficient (Wildman–Crippen LogP) is 4.69. The summed E-state index contributed by atoms with van der Waals surface area (Å²) in [5, 5.41) is 0.631. The highest BCUT2D eigenvalue weighted by Crippen LogP contribution is 2.22. The van der Waals surface area contributed by atoms with E-state index in [4.69, 9.17) is 16.3 Å². The average molecular weight is 302 g/mol. The zero-order valence-corrected chi connectivity index (χ0v) is 12.7. The van der Waals surface area contributed by atoms with Crippen LogP contribution in [0.15, 0.2) is 47.5 Å². The van der Waals surface area contributed by atoms with E-state index >= 15 is 0 Å². The molecular weight excluding hydrogens is 286 g/mol. The summed E-state index contributed by atoms with van der Waals surface area (Å²) in [5.74, 6) is 0.782. The molecule has 0 saturated heterocycles. The van der Waals surface area contributed by atoms with Crippen molar-refractivity contribution in [1.29, 1.82) is 0 Å². The van der Waals surface area contributed by atoms with Crippen LogP contribution in [0.3, 0.4) is 0 Å². The maximum absolute atomic E-state index is 11.2. The maximum Gasteiger partial charge on any atom is 0.159 e. The van der Waals surface area contributed by atoms with E-state index in [2.05, 4.69) is 4.99 Å². The number of aliphatic imine (C=N–C) groups is 1. The van der Waals surface area contributed by atoms with Crippen LogP contribution in [0.1, 0.15) is 29.8 Å². The van der Waals surface area contributed by atoms with Gasteiger partial charge in [-0.1, -0.05) is 11.6 Å². The van der Waals surface area contributed by atoms with Crippen LogP contribution in [0.25, 0.3) is 0 Å². The molecule has 4 heteroatoms. The van der Waals surface area contributed by atoms with Gasteiger partial charge >= 0.3 is 0 Å². The summed E-state index contributed by atoms with van der Waals surface area (Å²) in [6.07, 6.45) is 1.71. The zero-order chi connectivity index (χ0) is 15.2. The van der Waals surface area contributed by atoms with Crippen molar-refractivity contribution < 1.29 is 9.53 Å². The minimum atomic E-state index is 0.0407. The van der Waals surface area contributed by atoms with E-state index in [9.17, 15) is 4.79 Å². The number of hydrogen-bond acceptors (Lipinski definition) is 3. The van der Waals surface area contributed by atoms with Crippen molar-refractivity contribution in [2.45, 2.75) is 13.8 Å². The predicted molar refractivity (Wildman–Crippen MR) is 86.3 cm³/mol. The fourth-order valence-electron chi connectivity index (χ4n) is 1.83. The molecule has 0 aliphatic carbocycles. The fourth-order valence-corrected chi connectivity index (χ4v) is 2.01. The van der Waals surface area contributed by atoms with Gasteiger partial charge in [0, 0.05) is 22.4 Å². The standard InChI is InChI=1S/C17H16ClNO2/c1-3-21-17-9-6-15(18)10-14(17)11-19-16-7-4-13(5-8-16)12(2)20/h4-11H,3H2,1-2H3. The summed E-state index contributed by atoms with van der Waals surface area (Å²) in [6, 6.07) is 12.5. The minimum Gasteiger partial charge on any atom is -0.493 e. The SMILES string of the molecule is CCOc1ccc(Cl)cc1C=Nc1ccc(C(C)=O)cc1. The van der Waals surface area contributed by atoms with Crippen LogP contribution in [0.4, 0.5) is 5.69 Å². The summed E-state index contributed by atoms with van der Waals surface area (Å²) in [5.41, 5.74) is 2.26. The Morgan fingerprint density at radius 1 is 1.24 bits per heavy atom. The Labute approximate surface area is 129 Å². The Kier molecular flexibility index (Phi) is 5.12. The third-order valence-corrected chi connectivity index (χ3v) is 3.13. The third kappa shape index (κ3) is 4.17. The van der Waals surface area contributed by atoms with E-state index in [0.717, 1.165) is 17.0 Å². The van der Waals surface area contributed by atoms with E-state index in [1.165, 1.54) is 0 Å². The molecule has 0 aliphatic heterocycles. The Bertz CT molecular complexity index is 663. The lowest BCUT2D eigenvalue weighted by Gasteiger charge is -2.06. The molecule has 0 radical (unpaired) electrons. The zero-order valence-electron chi connectivity index (χ0n) is 12.0. The van der Waals surface area contributed by atoms with Crippen molar-refractivity contribution in [2.75, 3.05) is 6.61 Å². The quantitative estimate of drug-likeness (QED) is 0.593. The highest BCUT2D eigenvalue weighted by atomic mass is 35.5. The number of ether oxygens (including phenoxy) is 1. The van der Waals surface area contributed by atoms with Gasteiger partial charge < -0.3 is 4.74 Å². The number of Topliss-reactive ketones (excluding diaryl/α,β-unsaturated/α-hetero) is 1. The molecule has 0 aliphatic rings. The molecule has 108 valence electrons. The molecule has 0 aromatic heterocycles. The number of carbonyl (C=O) groups is 1. The van der Waals surface area contributed by atoms with Crippen LogP contribution < -0.4 is 4.74 Å². The molecule has 0 heterocycles. The van der Waals surface area contributed by atoms with Gasteiger partial charge in [-0.3, -0.25) is 9.79 Å². The van der Waals surface area contributed by atoms with Crippen molar-refractivity contribution in [1.82, 2.24) is 0 Å². The Morgan fingerprint density at radius 3 is 2.57 bits per heavy atom. The fraction of sp³-hybridized carbons (Fsp3) is 0.176. The molecular formula is C17H16ClNO2. The van der Waals surface area contributed by atoms with Crippen LogP contribution in [-0.4, -0.2) is 18.6 Å². The van der Waals surface area contributed by atoms with Gasteiger partial charge in [-0.2, -0.15) is 0 Å². The van der Waals surface area contributed by atoms with Crippen LogP contribution in [-0.2, 0) is 0 Å². The molecule has 0 saturated carbocycles. The number of halogens is 1. The van der Waals surface area contributed by atoms with Crippen molar-refractivity contribution >= 4 is 29.3 Å². The van der Waals surface area contributed by atoms with Crippen LogP contribution in [0.5, 0.6) is 5.75 Å². The van der Waals surface area contributed by atoms with E-state index in [1.54, 1.807) is 49.5 Å². The van der Waals surface area contributed by atoms with E-state index in [1.807, 2.05) is 13.0 Å². The number of hydrogen-bond donors (Lipinski definition) is 0. The van der Waals surface area contributed by atoms with Crippen molar-refractivity contribution in [3.05, 3.63) is 58.6 Å². The molecule has 2 aromatic carbocycles. The van der Waals surface area contributed by atoms with Gasteiger partial charge in [0.2, 0.25) is 0 Å². The van der Waals surface area contributed by atoms with Crippen molar-refractivity contribution in [3.63, 3.8) is 0 Å². The average Bonchev–Trinajstić information content (AvgIpc) is 2.48. The van der Waals surface area contributed by atoms with E-state index in [0.29, 0.717) is 17.2 Å². The minimum absolute atomic E-state index is 0.0407. The molecule has 0 unspecified atom stereocenters. The van der Waals surface area contributed by atoms with Crippen molar-refractivity contribution in [3.8, 4) is 5.75 Å². The topological polar surface area (TPSA) is 38.7 Å². The monoisotopic (exact) mass is 301 g/mol. The summed E-state index contributed by atoms with van der Waals surface area (Å²) in [6.45, 7) is 4.05. The Balaban J connectivity index is 2.24. The lowest BCUT2D eigenvalue weighted by Crippen LogP contribution is -1.95. The van der Waals surface area contributed by atoms with Crippen LogP contribution in [0.2, 0.25) is 5.02 Å². The van der Waals surface area contributed by atoms with Gasteiger partial charge in [-0.25, -0.2) is 0 Å². The first kappa shape index (κ1) is 15.3. The molecule has 3 nitrogen and oxygen atoms in total. The van der Waals surface area contributed by atoms with Crippen molar-refractivity contribution in [2.24, 2.45) is 4.99 Å². The first-order valence-corrected chi connectivity index (χ1v) is 7.05. The van der Waals surface area contributed by atoms with Crippen LogP contribution >= 0.6 is 11.6 Å². The smallest absolute Gasteiger partial charge is 0.159 e. The number of nitrogens with zero attached hydrogens (tertiary/aromatic N) is 1. The Hall–Kier alpha value is -2.13. The second-order valence-corrected chi connectivity index (χ2v) is 4.91. The summed E-state index contributed by atoms with van der Waals surface area (Å²) in [7, 11) is 0. The number of benzene rings is 2. The molecule has 0 bridgehead atoms. The molecule has 0 N–H and O–H groups in total. The normalized spacial score (nSPS) is 10.8. The number of carbonyl (C=O) groups excluding carboxylic acids is 1. The molecule has 0 atom stereocenters.